The van der Waals surface area contributed by atoms with E-state index >= 15 is 0 Å². The quantitative estimate of drug-likeness (QED) is 0.596. The SMILES string of the molecule is O=C(Nc1cccc(OCc2ccccn2)c1)c1ccc(CN2C(=O)CCC2=O)cc1. The van der Waals surface area contributed by atoms with Crippen molar-refractivity contribution in [3.63, 3.8) is 0 Å². The second-order valence-electron chi connectivity index (χ2n) is 7.16. The standard InChI is InChI=1S/C24H21N3O4/c28-22-11-12-23(29)27(22)15-17-7-9-18(10-8-17)24(30)26-19-5-3-6-21(14-19)31-16-20-4-1-2-13-25-20/h1-10,13-14H,11-12,15-16H2,(H,26,30). The molecule has 4 rings (SSSR count). The first-order chi connectivity index (χ1) is 15.1. The number of hydrogen-bond donors (Lipinski definition) is 1. The number of carbonyl (C=O) groups excluding carboxylic acids is 3. The van der Waals surface area contributed by atoms with Crippen LogP contribution in [0.25, 0.3) is 0 Å². The number of ether oxygens (including phenoxy) is 1. The third-order valence-corrected chi connectivity index (χ3v) is 4.92. The third kappa shape index (κ3) is 5.14. The van der Waals surface area contributed by atoms with Gasteiger partial charge >= 0.3 is 0 Å². The van der Waals surface area contributed by atoms with E-state index < -0.39 is 0 Å². The monoisotopic (exact) mass is 415 g/mol. The number of pyridine rings is 1. The van der Waals surface area contributed by atoms with Crippen molar-refractivity contribution in [3.05, 3.63) is 89.7 Å². The summed E-state index contributed by atoms with van der Waals surface area (Å²) in [4.78, 5) is 41.6. The van der Waals surface area contributed by atoms with Gasteiger partial charge in [0.2, 0.25) is 11.8 Å². The predicted octanol–water partition coefficient (Wildman–Crippen LogP) is 3.56. The van der Waals surface area contributed by atoms with Gasteiger partial charge in [0.1, 0.15) is 12.4 Å². The molecule has 7 heteroatoms. The fourth-order valence-electron chi connectivity index (χ4n) is 3.25. The molecule has 0 atom stereocenters. The summed E-state index contributed by atoms with van der Waals surface area (Å²) < 4.78 is 5.74. The van der Waals surface area contributed by atoms with E-state index in [-0.39, 0.29) is 37.1 Å². The Balaban J connectivity index is 1.35. The van der Waals surface area contributed by atoms with Crippen molar-refractivity contribution >= 4 is 23.4 Å². The number of aromatic nitrogens is 1. The minimum Gasteiger partial charge on any atom is -0.487 e. The molecule has 3 amide bonds. The average molecular weight is 415 g/mol. The number of imide groups is 1. The second kappa shape index (κ2) is 9.21. The molecule has 0 bridgehead atoms. The minimum atomic E-state index is -0.262. The van der Waals surface area contributed by atoms with E-state index in [0.717, 1.165) is 11.3 Å². The van der Waals surface area contributed by atoms with Crippen molar-refractivity contribution in [2.75, 3.05) is 5.32 Å². The van der Waals surface area contributed by atoms with E-state index in [1.165, 1.54) is 4.90 Å². The van der Waals surface area contributed by atoms with Gasteiger partial charge in [-0.05, 0) is 42.0 Å². The number of hydrogen-bond acceptors (Lipinski definition) is 5. The van der Waals surface area contributed by atoms with Gasteiger partial charge in [-0.1, -0.05) is 24.3 Å². The van der Waals surface area contributed by atoms with Crippen molar-refractivity contribution in [2.24, 2.45) is 0 Å². The molecule has 2 heterocycles. The highest BCUT2D eigenvalue weighted by Gasteiger charge is 2.28. The summed E-state index contributed by atoms with van der Waals surface area (Å²) in [7, 11) is 0. The lowest BCUT2D eigenvalue weighted by Gasteiger charge is -2.14. The Kier molecular flexibility index (Phi) is 6.03. The van der Waals surface area contributed by atoms with E-state index in [4.69, 9.17) is 4.74 Å². The molecule has 1 saturated heterocycles. The number of anilines is 1. The van der Waals surface area contributed by atoms with Crippen LogP contribution in [0.5, 0.6) is 5.75 Å². The van der Waals surface area contributed by atoms with Crippen LogP contribution >= 0.6 is 0 Å². The fraction of sp³-hybridized carbons (Fsp3) is 0.167. The highest BCUT2D eigenvalue weighted by atomic mass is 16.5. The maximum absolute atomic E-state index is 12.6. The van der Waals surface area contributed by atoms with Gasteiger partial charge in [-0.2, -0.15) is 0 Å². The lowest BCUT2D eigenvalue weighted by molar-refractivity contribution is -0.139. The van der Waals surface area contributed by atoms with Crippen LogP contribution < -0.4 is 10.1 Å². The fourth-order valence-corrected chi connectivity index (χ4v) is 3.25. The van der Waals surface area contributed by atoms with E-state index in [9.17, 15) is 14.4 Å². The molecule has 2 aromatic carbocycles. The van der Waals surface area contributed by atoms with Crippen LogP contribution in [0.4, 0.5) is 5.69 Å². The Morgan fingerprint density at radius 1 is 0.968 bits per heavy atom. The molecule has 1 aromatic heterocycles. The van der Waals surface area contributed by atoms with Gasteiger partial charge in [0.05, 0.1) is 12.2 Å². The van der Waals surface area contributed by atoms with Crippen LogP contribution in [0.1, 0.15) is 34.5 Å². The zero-order valence-corrected chi connectivity index (χ0v) is 16.8. The Bertz CT molecular complexity index is 1080. The van der Waals surface area contributed by atoms with Crippen LogP contribution in [0, 0.1) is 0 Å². The summed E-state index contributed by atoms with van der Waals surface area (Å²) in [5, 5.41) is 2.85. The van der Waals surface area contributed by atoms with E-state index in [1.54, 1.807) is 48.7 Å². The molecular formula is C24H21N3O4. The Hall–Kier alpha value is -4.00. The summed E-state index contributed by atoms with van der Waals surface area (Å²) in [6.45, 7) is 0.566. The molecule has 7 nitrogen and oxygen atoms in total. The molecule has 1 fully saturated rings. The number of carbonyl (C=O) groups is 3. The molecule has 1 N–H and O–H groups in total. The first kappa shape index (κ1) is 20.3. The molecule has 1 aliphatic rings. The van der Waals surface area contributed by atoms with Gasteiger partial charge < -0.3 is 10.1 Å². The maximum atomic E-state index is 12.6. The lowest BCUT2D eigenvalue weighted by Crippen LogP contribution is -2.28. The van der Waals surface area contributed by atoms with E-state index in [0.29, 0.717) is 23.6 Å². The maximum Gasteiger partial charge on any atom is 0.255 e. The van der Waals surface area contributed by atoms with E-state index in [1.807, 2.05) is 24.3 Å². The van der Waals surface area contributed by atoms with Gasteiger partial charge in [0.25, 0.3) is 5.91 Å². The molecule has 1 aliphatic heterocycles. The molecule has 3 aromatic rings. The van der Waals surface area contributed by atoms with Crippen LogP contribution in [-0.4, -0.2) is 27.6 Å². The third-order valence-electron chi connectivity index (χ3n) is 4.92. The normalized spacial score (nSPS) is 13.4. The van der Waals surface area contributed by atoms with Crippen molar-refractivity contribution in [1.82, 2.24) is 9.88 Å². The van der Waals surface area contributed by atoms with Crippen molar-refractivity contribution < 1.29 is 19.1 Å². The van der Waals surface area contributed by atoms with Crippen LogP contribution in [-0.2, 0) is 22.7 Å². The van der Waals surface area contributed by atoms with Crippen LogP contribution in [0.15, 0.2) is 72.9 Å². The zero-order chi connectivity index (χ0) is 21.6. The Labute approximate surface area is 179 Å². The van der Waals surface area contributed by atoms with Crippen LogP contribution in [0.3, 0.4) is 0 Å². The molecule has 0 spiro atoms. The summed E-state index contributed by atoms with van der Waals surface area (Å²) in [6.07, 6.45) is 2.25. The molecule has 31 heavy (non-hydrogen) atoms. The van der Waals surface area contributed by atoms with Crippen molar-refractivity contribution in [2.45, 2.75) is 26.0 Å². The first-order valence-electron chi connectivity index (χ1n) is 9.95. The number of likely N-dealkylation sites (tertiary alicyclic amines) is 1. The highest BCUT2D eigenvalue weighted by Crippen LogP contribution is 2.20. The molecule has 0 saturated carbocycles. The lowest BCUT2D eigenvalue weighted by atomic mass is 10.1. The Morgan fingerprint density at radius 3 is 2.45 bits per heavy atom. The van der Waals surface area contributed by atoms with E-state index in [2.05, 4.69) is 10.3 Å². The zero-order valence-electron chi connectivity index (χ0n) is 16.8. The summed E-state index contributed by atoms with van der Waals surface area (Å²) >= 11 is 0. The van der Waals surface area contributed by atoms with Crippen molar-refractivity contribution in [1.29, 1.82) is 0 Å². The van der Waals surface area contributed by atoms with Gasteiger partial charge in [-0.3, -0.25) is 24.3 Å². The molecular weight excluding hydrogens is 394 g/mol. The average Bonchev–Trinajstić information content (AvgIpc) is 3.11. The smallest absolute Gasteiger partial charge is 0.255 e. The van der Waals surface area contributed by atoms with Gasteiger partial charge in [0, 0.05) is 36.4 Å². The molecule has 0 unspecified atom stereocenters. The summed E-state index contributed by atoms with van der Waals surface area (Å²) in [5.41, 5.74) is 2.70. The number of rotatable bonds is 7. The highest BCUT2D eigenvalue weighted by molar-refractivity contribution is 6.04. The number of benzene rings is 2. The van der Waals surface area contributed by atoms with Crippen LogP contribution in [0.2, 0.25) is 0 Å². The minimum absolute atomic E-state index is 0.156. The number of nitrogens with one attached hydrogen (secondary N) is 1. The summed E-state index contributed by atoms with van der Waals surface area (Å²) in [5.74, 6) is 0.0504. The predicted molar refractivity (Wildman–Crippen MR) is 114 cm³/mol. The van der Waals surface area contributed by atoms with Crippen molar-refractivity contribution in [3.8, 4) is 5.75 Å². The summed E-state index contributed by atoms with van der Waals surface area (Å²) in [6, 6.07) is 19.6. The number of amides is 3. The van der Waals surface area contributed by atoms with Gasteiger partial charge in [-0.25, -0.2) is 0 Å². The molecule has 0 aliphatic carbocycles. The number of nitrogens with zero attached hydrogens (tertiary/aromatic N) is 2. The Morgan fingerprint density at radius 2 is 1.74 bits per heavy atom. The van der Waals surface area contributed by atoms with Gasteiger partial charge in [0.15, 0.2) is 0 Å². The largest absolute Gasteiger partial charge is 0.487 e. The second-order valence-corrected chi connectivity index (χ2v) is 7.16. The first-order valence-corrected chi connectivity index (χ1v) is 9.95. The van der Waals surface area contributed by atoms with Gasteiger partial charge in [-0.15, -0.1) is 0 Å². The topological polar surface area (TPSA) is 88.6 Å². The molecule has 0 radical (unpaired) electrons. The molecule has 156 valence electrons.